The summed E-state index contributed by atoms with van der Waals surface area (Å²) in [6, 6.07) is 3.20. The van der Waals surface area contributed by atoms with Crippen LogP contribution in [0.4, 0.5) is 17.6 Å². The predicted octanol–water partition coefficient (Wildman–Crippen LogP) is 5.25. The number of nitrogens with one attached hydrogen (secondary N) is 2. The summed E-state index contributed by atoms with van der Waals surface area (Å²) in [5, 5.41) is 7.55. The van der Waals surface area contributed by atoms with Gasteiger partial charge in [-0.3, -0.25) is 0 Å². The normalized spacial score (nSPS) is 23.7. The summed E-state index contributed by atoms with van der Waals surface area (Å²) in [6.07, 6.45) is 16.6. The van der Waals surface area contributed by atoms with Crippen LogP contribution in [0.3, 0.4) is 0 Å². The average molecular weight is 445 g/mol. The average Bonchev–Trinajstić information content (AvgIpc) is 3.19. The van der Waals surface area contributed by atoms with Crippen molar-refractivity contribution in [3.05, 3.63) is 6.07 Å². The molecule has 1 aliphatic carbocycles. The van der Waals surface area contributed by atoms with Crippen molar-refractivity contribution in [2.24, 2.45) is 0 Å². The van der Waals surface area contributed by atoms with Crippen molar-refractivity contribution in [3.8, 4) is 0 Å². The fourth-order valence-corrected chi connectivity index (χ4v) is 5.53. The molecule has 1 saturated carbocycles. The first kappa shape index (κ1) is 22.6. The summed E-state index contributed by atoms with van der Waals surface area (Å²) < 4.78 is 0. The quantitative estimate of drug-likeness (QED) is 0.486. The van der Waals surface area contributed by atoms with Gasteiger partial charge in [0, 0.05) is 37.8 Å². The van der Waals surface area contributed by atoms with Gasteiger partial charge in [-0.25, -0.2) is 0 Å². The van der Waals surface area contributed by atoms with E-state index in [-0.39, 0.29) is 0 Å². The zero-order valence-corrected chi connectivity index (χ0v) is 20.1. The second kappa shape index (κ2) is 11.3. The Morgan fingerprint density at radius 1 is 0.839 bits per heavy atom. The molecule has 2 saturated heterocycles. The molecule has 7 heteroatoms. The highest BCUT2D eigenvalue weighted by Gasteiger charge is 2.23. The highest BCUT2D eigenvalue weighted by atomic mass is 32.1. The van der Waals surface area contributed by atoms with Crippen LogP contribution in [0.1, 0.15) is 90.4 Å². The summed E-state index contributed by atoms with van der Waals surface area (Å²) in [6.45, 7) is 5.55. The van der Waals surface area contributed by atoms with Crippen molar-refractivity contribution < 1.29 is 0 Å². The lowest BCUT2D eigenvalue weighted by atomic mass is 10.0. The molecule has 0 radical (unpaired) electrons. The van der Waals surface area contributed by atoms with Gasteiger partial charge in [-0.2, -0.15) is 9.97 Å². The topological polar surface area (TPSA) is 56.3 Å². The maximum absolute atomic E-state index is 5.68. The van der Waals surface area contributed by atoms with E-state index in [1.54, 1.807) is 0 Å². The van der Waals surface area contributed by atoms with E-state index in [9.17, 15) is 0 Å². The largest absolute Gasteiger partial charge is 0.360 e. The molecule has 3 heterocycles. The smallest absolute Gasteiger partial charge is 0.232 e. The second-order valence-electron chi connectivity index (χ2n) is 9.63. The van der Waals surface area contributed by atoms with Crippen LogP contribution in [0, 0.1) is 0 Å². The van der Waals surface area contributed by atoms with Crippen LogP contribution in [0.5, 0.6) is 0 Å². The van der Waals surface area contributed by atoms with Gasteiger partial charge in [0.25, 0.3) is 0 Å². The molecule has 3 fully saturated rings. The maximum atomic E-state index is 5.68. The minimum absolute atomic E-state index is 0.470. The Balaban J connectivity index is 1.52. The standard InChI is InChI=1S/C24H40N6S/c1-19-12-8-11-17-30(19)22-18-21(29-15-9-4-5-10-16-29)26-23(27-22)28-24(31)25-20-13-6-2-3-7-14-20/h18-20H,2-17H2,1H3,(H2,25,26,27,28,31)/t19-/m0/s1. The summed E-state index contributed by atoms with van der Waals surface area (Å²) in [5.41, 5.74) is 0. The molecule has 172 valence electrons. The van der Waals surface area contributed by atoms with Crippen molar-refractivity contribution >= 4 is 34.9 Å². The zero-order valence-electron chi connectivity index (χ0n) is 19.2. The summed E-state index contributed by atoms with van der Waals surface area (Å²) in [7, 11) is 0. The van der Waals surface area contributed by atoms with E-state index >= 15 is 0 Å². The minimum atomic E-state index is 0.470. The molecule has 0 aromatic carbocycles. The number of hydrogen-bond acceptors (Lipinski definition) is 5. The molecule has 1 aromatic heterocycles. The van der Waals surface area contributed by atoms with Gasteiger partial charge in [0.2, 0.25) is 5.95 Å². The van der Waals surface area contributed by atoms with Crippen LogP contribution < -0.4 is 20.4 Å². The Labute approximate surface area is 193 Å². The monoisotopic (exact) mass is 444 g/mol. The first-order chi connectivity index (χ1) is 15.2. The third kappa shape index (κ3) is 6.43. The molecule has 31 heavy (non-hydrogen) atoms. The highest BCUT2D eigenvalue weighted by Crippen LogP contribution is 2.28. The van der Waals surface area contributed by atoms with Gasteiger partial charge in [0.1, 0.15) is 11.6 Å². The van der Waals surface area contributed by atoms with E-state index in [1.165, 1.54) is 83.5 Å². The van der Waals surface area contributed by atoms with E-state index in [0.717, 1.165) is 31.3 Å². The summed E-state index contributed by atoms with van der Waals surface area (Å²) in [5.74, 6) is 2.73. The van der Waals surface area contributed by atoms with E-state index in [1.807, 2.05) is 0 Å². The molecule has 2 aliphatic heterocycles. The van der Waals surface area contributed by atoms with Crippen molar-refractivity contribution in [3.63, 3.8) is 0 Å². The molecular weight excluding hydrogens is 404 g/mol. The molecule has 1 aromatic rings. The first-order valence-corrected chi connectivity index (χ1v) is 13.1. The fraction of sp³-hybridized carbons (Fsp3) is 0.792. The number of piperidine rings is 1. The lowest BCUT2D eigenvalue weighted by Crippen LogP contribution is -2.39. The molecule has 0 bridgehead atoms. The Morgan fingerprint density at radius 3 is 2.16 bits per heavy atom. The summed E-state index contributed by atoms with van der Waals surface area (Å²) in [4.78, 5) is 14.7. The van der Waals surface area contributed by atoms with Gasteiger partial charge >= 0.3 is 0 Å². The molecule has 0 unspecified atom stereocenters. The Kier molecular flexibility index (Phi) is 8.22. The fourth-order valence-electron chi connectivity index (χ4n) is 5.27. The number of nitrogens with zero attached hydrogens (tertiary/aromatic N) is 4. The lowest BCUT2D eigenvalue weighted by molar-refractivity contribution is 0.481. The van der Waals surface area contributed by atoms with Gasteiger partial charge in [0.15, 0.2) is 5.11 Å². The number of rotatable bonds is 4. The van der Waals surface area contributed by atoms with Crippen molar-refractivity contribution in [1.29, 1.82) is 0 Å². The van der Waals surface area contributed by atoms with Crippen LogP contribution in [0.15, 0.2) is 6.07 Å². The molecule has 0 amide bonds. The Bertz CT molecular complexity index is 710. The van der Waals surface area contributed by atoms with Gasteiger partial charge in [0.05, 0.1) is 0 Å². The molecular formula is C24H40N6S. The van der Waals surface area contributed by atoms with Gasteiger partial charge in [-0.05, 0) is 64.1 Å². The van der Waals surface area contributed by atoms with Crippen LogP contribution in [0.25, 0.3) is 0 Å². The van der Waals surface area contributed by atoms with Crippen LogP contribution in [-0.2, 0) is 0 Å². The molecule has 4 rings (SSSR count). The molecule has 3 aliphatic rings. The molecule has 2 N–H and O–H groups in total. The van der Waals surface area contributed by atoms with E-state index in [0.29, 0.717) is 23.1 Å². The molecule has 0 spiro atoms. The van der Waals surface area contributed by atoms with E-state index in [2.05, 4.69) is 33.4 Å². The Morgan fingerprint density at radius 2 is 1.45 bits per heavy atom. The zero-order chi connectivity index (χ0) is 21.5. The Hall–Kier alpha value is -1.63. The minimum Gasteiger partial charge on any atom is -0.360 e. The first-order valence-electron chi connectivity index (χ1n) is 12.7. The van der Waals surface area contributed by atoms with Crippen LogP contribution in [-0.4, -0.2) is 46.8 Å². The van der Waals surface area contributed by atoms with Crippen molar-refractivity contribution in [2.45, 2.75) is 102 Å². The number of aromatic nitrogens is 2. The number of hydrogen-bond donors (Lipinski definition) is 2. The maximum Gasteiger partial charge on any atom is 0.232 e. The van der Waals surface area contributed by atoms with Crippen LogP contribution in [0.2, 0.25) is 0 Å². The lowest BCUT2D eigenvalue weighted by Gasteiger charge is -2.35. The predicted molar refractivity (Wildman–Crippen MR) is 134 cm³/mol. The third-order valence-corrected chi connectivity index (χ3v) is 7.36. The molecule has 1 atom stereocenters. The van der Waals surface area contributed by atoms with Gasteiger partial charge in [-0.1, -0.05) is 38.5 Å². The number of anilines is 3. The van der Waals surface area contributed by atoms with Crippen molar-refractivity contribution in [2.75, 3.05) is 34.8 Å². The highest BCUT2D eigenvalue weighted by molar-refractivity contribution is 7.80. The SMILES string of the molecule is C[C@H]1CCCCN1c1cc(N2CCCCCC2)nc(NC(=S)NC2CCCCCC2)n1. The van der Waals surface area contributed by atoms with Gasteiger partial charge < -0.3 is 20.4 Å². The number of thiocarbonyl (C=S) groups is 1. The summed E-state index contributed by atoms with van der Waals surface area (Å²) >= 11 is 5.68. The van der Waals surface area contributed by atoms with Gasteiger partial charge in [-0.15, -0.1) is 0 Å². The van der Waals surface area contributed by atoms with Crippen molar-refractivity contribution in [1.82, 2.24) is 15.3 Å². The van der Waals surface area contributed by atoms with Crippen LogP contribution >= 0.6 is 12.2 Å². The molecule has 6 nitrogen and oxygen atoms in total. The van der Waals surface area contributed by atoms with E-state index in [4.69, 9.17) is 22.2 Å². The third-order valence-electron chi connectivity index (χ3n) is 7.14. The second-order valence-corrected chi connectivity index (χ2v) is 10.0. The van der Waals surface area contributed by atoms with E-state index < -0.39 is 0 Å².